The summed E-state index contributed by atoms with van der Waals surface area (Å²) in [6.45, 7) is 3.83. The third-order valence-electron chi connectivity index (χ3n) is 3.02. The van der Waals surface area contributed by atoms with Gasteiger partial charge in [0.1, 0.15) is 22.1 Å². The molecule has 0 amide bonds. The number of thioether (sulfide) groups is 1. The molecule has 2 rings (SSSR count). The zero-order chi connectivity index (χ0) is 16.1. The van der Waals surface area contributed by atoms with E-state index in [2.05, 4.69) is 11.1 Å². The van der Waals surface area contributed by atoms with Crippen LogP contribution in [0.5, 0.6) is 5.75 Å². The van der Waals surface area contributed by atoms with E-state index in [0.29, 0.717) is 22.9 Å². The maximum Gasteiger partial charge on any atom is 0.319 e. The Morgan fingerprint density at radius 2 is 2.23 bits per heavy atom. The molecule has 1 aromatic carbocycles. The van der Waals surface area contributed by atoms with Crippen LogP contribution in [0.1, 0.15) is 19.4 Å². The Morgan fingerprint density at radius 1 is 1.45 bits per heavy atom. The molecule has 0 bridgehead atoms. The molecule has 0 aliphatic heterocycles. The molecule has 22 heavy (non-hydrogen) atoms. The van der Waals surface area contributed by atoms with E-state index in [9.17, 15) is 10.1 Å². The van der Waals surface area contributed by atoms with Crippen LogP contribution in [0.25, 0.3) is 10.9 Å². The van der Waals surface area contributed by atoms with Crippen LogP contribution in [0.4, 0.5) is 0 Å². The highest BCUT2D eigenvalue weighted by Crippen LogP contribution is 2.29. The fraction of sp³-hybridized carbons (Fsp3) is 0.312. The van der Waals surface area contributed by atoms with Gasteiger partial charge in [0.15, 0.2) is 0 Å². The van der Waals surface area contributed by atoms with Gasteiger partial charge in [-0.2, -0.15) is 5.26 Å². The van der Waals surface area contributed by atoms with E-state index in [4.69, 9.17) is 9.47 Å². The largest absolute Gasteiger partial charge is 0.497 e. The molecule has 5 nitrogen and oxygen atoms in total. The van der Waals surface area contributed by atoms with Crippen LogP contribution in [0.3, 0.4) is 0 Å². The molecule has 2 aromatic rings. The normalized spacial score (nSPS) is 11.7. The third-order valence-corrected chi connectivity index (χ3v) is 4.10. The second-order valence-electron chi connectivity index (χ2n) is 4.52. The van der Waals surface area contributed by atoms with Crippen molar-refractivity contribution in [2.45, 2.75) is 24.1 Å². The van der Waals surface area contributed by atoms with Gasteiger partial charge >= 0.3 is 5.97 Å². The summed E-state index contributed by atoms with van der Waals surface area (Å²) in [6.07, 6.45) is 0. The third kappa shape index (κ3) is 3.49. The van der Waals surface area contributed by atoms with Crippen molar-refractivity contribution in [2.24, 2.45) is 0 Å². The highest BCUT2D eigenvalue weighted by molar-refractivity contribution is 8.00. The summed E-state index contributed by atoms with van der Waals surface area (Å²) in [5, 5.41) is 10.2. The van der Waals surface area contributed by atoms with Crippen molar-refractivity contribution >= 4 is 28.6 Å². The predicted octanol–water partition coefficient (Wildman–Crippen LogP) is 3.16. The lowest BCUT2D eigenvalue weighted by molar-refractivity contribution is -0.142. The first-order valence-corrected chi connectivity index (χ1v) is 7.69. The average Bonchev–Trinajstić information content (AvgIpc) is 2.53. The van der Waals surface area contributed by atoms with Crippen LogP contribution in [0.15, 0.2) is 29.3 Å². The second-order valence-corrected chi connectivity index (χ2v) is 5.85. The van der Waals surface area contributed by atoms with E-state index >= 15 is 0 Å². The summed E-state index contributed by atoms with van der Waals surface area (Å²) in [5.41, 5.74) is 1.16. The minimum absolute atomic E-state index is 0.316. The molecule has 0 aliphatic carbocycles. The number of benzene rings is 1. The summed E-state index contributed by atoms with van der Waals surface area (Å²) in [7, 11) is 1.59. The molecule has 0 spiro atoms. The maximum absolute atomic E-state index is 11.7. The van der Waals surface area contributed by atoms with Crippen LogP contribution >= 0.6 is 11.8 Å². The van der Waals surface area contributed by atoms with E-state index in [1.165, 1.54) is 11.8 Å². The van der Waals surface area contributed by atoms with Gasteiger partial charge in [-0.25, -0.2) is 4.98 Å². The van der Waals surface area contributed by atoms with Gasteiger partial charge in [0.25, 0.3) is 0 Å². The molecule has 0 fully saturated rings. The number of aromatic nitrogens is 1. The van der Waals surface area contributed by atoms with Crippen molar-refractivity contribution in [3.63, 3.8) is 0 Å². The van der Waals surface area contributed by atoms with Gasteiger partial charge in [-0.05, 0) is 32.0 Å². The molecular weight excluding hydrogens is 300 g/mol. The fourth-order valence-corrected chi connectivity index (χ4v) is 2.78. The van der Waals surface area contributed by atoms with Gasteiger partial charge in [0.2, 0.25) is 0 Å². The molecule has 1 atom stereocenters. The van der Waals surface area contributed by atoms with Gasteiger partial charge in [-0.1, -0.05) is 11.8 Å². The predicted molar refractivity (Wildman–Crippen MR) is 85.0 cm³/mol. The fourth-order valence-electron chi connectivity index (χ4n) is 1.90. The Bertz CT molecular complexity index is 740. The van der Waals surface area contributed by atoms with Crippen molar-refractivity contribution in [3.8, 4) is 11.8 Å². The summed E-state index contributed by atoms with van der Waals surface area (Å²) < 4.78 is 10.2. The van der Waals surface area contributed by atoms with E-state index in [1.807, 2.05) is 12.1 Å². The number of ether oxygens (including phenoxy) is 2. The Labute approximate surface area is 133 Å². The van der Waals surface area contributed by atoms with Gasteiger partial charge in [-0.15, -0.1) is 0 Å². The van der Waals surface area contributed by atoms with Gasteiger partial charge in [0.05, 0.1) is 24.8 Å². The van der Waals surface area contributed by atoms with Crippen LogP contribution in [-0.2, 0) is 9.53 Å². The lowest BCUT2D eigenvalue weighted by Crippen LogP contribution is -2.17. The first kappa shape index (κ1) is 16.1. The highest BCUT2D eigenvalue weighted by Gasteiger charge is 2.19. The van der Waals surface area contributed by atoms with E-state index in [1.54, 1.807) is 33.1 Å². The molecule has 1 heterocycles. The second kappa shape index (κ2) is 7.14. The lowest BCUT2D eigenvalue weighted by Gasteiger charge is -2.11. The molecular formula is C16H16N2O3S. The zero-order valence-corrected chi connectivity index (χ0v) is 13.4. The number of carbonyl (C=O) groups is 1. The van der Waals surface area contributed by atoms with Crippen molar-refractivity contribution in [2.75, 3.05) is 13.7 Å². The molecule has 0 saturated carbocycles. The number of hydrogen-bond donors (Lipinski definition) is 0. The van der Waals surface area contributed by atoms with E-state index < -0.39 is 5.25 Å². The Morgan fingerprint density at radius 3 is 2.86 bits per heavy atom. The Balaban J connectivity index is 2.39. The smallest absolute Gasteiger partial charge is 0.319 e. The number of esters is 1. The molecule has 0 saturated heterocycles. The molecule has 6 heteroatoms. The number of nitrogens with zero attached hydrogens (tertiary/aromatic N) is 2. The van der Waals surface area contributed by atoms with Gasteiger partial charge in [0, 0.05) is 11.5 Å². The van der Waals surface area contributed by atoms with Crippen LogP contribution < -0.4 is 4.74 Å². The average molecular weight is 316 g/mol. The molecule has 0 radical (unpaired) electrons. The SMILES string of the molecule is CCOC(=O)[C@@H](C)Sc1nc2cc(OC)ccc2cc1C#N. The monoisotopic (exact) mass is 316 g/mol. The van der Waals surface area contributed by atoms with Crippen LogP contribution in [0, 0.1) is 11.3 Å². The Kier molecular flexibility index (Phi) is 5.23. The summed E-state index contributed by atoms with van der Waals surface area (Å²) in [5.74, 6) is 0.378. The highest BCUT2D eigenvalue weighted by atomic mass is 32.2. The number of methoxy groups -OCH3 is 1. The standard InChI is InChI=1S/C16H16N2O3S/c1-4-21-16(19)10(2)22-15-12(9-17)7-11-5-6-13(20-3)8-14(11)18-15/h5-8,10H,4H2,1-3H3/t10-/m1/s1. The number of hydrogen-bond acceptors (Lipinski definition) is 6. The summed E-state index contributed by atoms with van der Waals surface area (Å²) in [4.78, 5) is 16.2. The molecule has 1 aromatic heterocycles. The topological polar surface area (TPSA) is 72.2 Å². The minimum Gasteiger partial charge on any atom is -0.497 e. The first-order chi connectivity index (χ1) is 10.6. The maximum atomic E-state index is 11.7. The number of rotatable bonds is 5. The lowest BCUT2D eigenvalue weighted by atomic mass is 10.1. The molecule has 0 N–H and O–H groups in total. The van der Waals surface area contributed by atoms with E-state index in [-0.39, 0.29) is 5.97 Å². The number of fused-ring (bicyclic) bond motifs is 1. The first-order valence-electron chi connectivity index (χ1n) is 6.81. The van der Waals surface area contributed by atoms with Crippen molar-refractivity contribution < 1.29 is 14.3 Å². The van der Waals surface area contributed by atoms with Gasteiger partial charge in [-0.3, -0.25) is 4.79 Å². The van der Waals surface area contributed by atoms with Crippen LogP contribution in [-0.4, -0.2) is 29.9 Å². The summed E-state index contributed by atoms with van der Waals surface area (Å²) >= 11 is 1.22. The van der Waals surface area contributed by atoms with E-state index in [0.717, 1.165) is 10.9 Å². The summed E-state index contributed by atoms with van der Waals surface area (Å²) in [6, 6.07) is 9.36. The molecule has 0 unspecified atom stereocenters. The number of pyridine rings is 1. The molecule has 0 aliphatic rings. The number of nitriles is 1. The minimum atomic E-state index is -0.428. The number of carbonyl (C=O) groups excluding carboxylic acids is 1. The Hall–Kier alpha value is -2.26. The van der Waals surface area contributed by atoms with Crippen molar-refractivity contribution in [1.29, 1.82) is 5.26 Å². The zero-order valence-electron chi connectivity index (χ0n) is 12.6. The quantitative estimate of drug-likeness (QED) is 0.623. The van der Waals surface area contributed by atoms with Gasteiger partial charge < -0.3 is 9.47 Å². The molecule has 114 valence electrons. The van der Waals surface area contributed by atoms with Crippen LogP contribution in [0.2, 0.25) is 0 Å². The van der Waals surface area contributed by atoms with Crippen molar-refractivity contribution in [1.82, 2.24) is 4.98 Å². The van der Waals surface area contributed by atoms with Crippen molar-refractivity contribution in [3.05, 3.63) is 29.8 Å².